The molecule has 96 valence electrons. The Kier molecular flexibility index (Phi) is 8.68. The van der Waals surface area contributed by atoms with E-state index >= 15 is 0 Å². The van der Waals surface area contributed by atoms with E-state index in [2.05, 4.69) is 13.2 Å². The summed E-state index contributed by atoms with van der Waals surface area (Å²) in [6.45, 7) is 9.25. The minimum absolute atomic E-state index is 0.186. The van der Waals surface area contributed by atoms with E-state index in [1.54, 1.807) is 6.92 Å². The first-order valence-electron chi connectivity index (χ1n) is 5.30. The molecule has 0 radical (unpaired) electrons. The van der Waals surface area contributed by atoms with Crippen LogP contribution in [0.2, 0.25) is 0 Å². The number of carbonyl (C=O) groups excluding carboxylic acids is 2. The lowest BCUT2D eigenvalue weighted by Gasteiger charge is -2.11. The fraction of sp³-hybridized carbons (Fsp3) is 0.500. The number of hydrogen-bond donors (Lipinski definition) is 0. The Morgan fingerprint density at radius 1 is 1.12 bits per heavy atom. The molecule has 0 fully saturated rings. The van der Waals surface area contributed by atoms with Gasteiger partial charge < -0.3 is 14.2 Å². The van der Waals surface area contributed by atoms with Gasteiger partial charge in [-0.05, 0) is 6.92 Å². The maximum Gasteiger partial charge on any atom is 0.330 e. The minimum atomic E-state index is -0.470. The first-order valence-corrected chi connectivity index (χ1v) is 5.30. The molecular formula is C12H18O5. The third-order valence-corrected chi connectivity index (χ3v) is 1.79. The van der Waals surface area contributed by atoms with Gasteiger partial charge in [-0.15, -0.1) is 0 Å². The van der Waals surface area contributed by atoms with Gasteiger partial charge in [-0.1, -0.05) is 13.2 Å². The second kappa shape index (κ2) is 9.59. The fourth-order valence-electron chi connectivity index (χ4n) is 0.917. The van der Waals surface area contributed by atoms with E-state index in [1.807, 2.05) is 0 Å². The lowest BCUT2D eigenvalue weighted by molar-refractivity contribution is -0.144. The molecule has 5 nitrogen and oxygen atoms in total. The van der Waals surface area contributed by atoms with Crippen LogP contribution in [0.25, 0.3) is 0 Å². The van der Waals surface area contributed by atoms with Crippen molar-refractivity contribution in [3.05, 3.63) is 25.3 Å². The molecule has 0 rings (SSSR count). The van der Waals surface area contributed by atoms with Crippen LogP contribution in [0, 0.1) is 0 Å². The Balaban J connectivity index is 3.39. The van der Waals surface area contributed by atoms with E-state index in [-0.39, 0.29) is 12.7 Å². The van der Waals surface area contributed by atoms with Gasteiger partial charge in [-0.25, -0.2) is 9.59 Å². The molecule has 0 aromatic heterocycles. The van der Waals surface area contributed by atoms with Gasteiger partial charge in [0.25, 0.3) is 0 Å². The minimum Gasteiger partial charge on any atom is -0.460 e. The van der Waals surface area contributed by atoms with Crippen molar-refractivity contribution in [1.29, 1.82) is 0 Å². The highest BCUT2D eigenvalue weighted by Crippen LogP contribution is 1.98. The van der Waals surface area contributed by atoms with Crippen molar-refractivity contribution in [1.82, 2.24) is 0 Å². The van der Waals surface area contributed by atoms with Crippen LogP contribution in [0.15, 0.2) is 25.3 Å². The SMILES string of the molecule is C=CC(=O)OCCOCCC(C)OC(=O)C=C. The van der Waals surface area contributed by atoms with Gasteiger partial charge in [0.1, 0.15) is 12.7 Å². The van der Waals surface area contributed by atoms with E-state index in [9.17, 15) is 9.59 Å². The molecule has 1 atom stereocenters. The fourth-order valence-corrected chi connectivity index (χ4v) is 0.917. The molecule has 0 aromatic rings. The third-order valence-electron chi connectivity index (χ3n) is 1.79. The quantitative estimate of drug-likeness (QED) is 0.346. The summed E-state index contributed by atoms with van der Waals surface area (Å²) in [4.78, 5) is 21.5. The van der Waals surface area contributed by atoms with Gasteiger partial charge >= 0.3 is 11.9 Å². The Morgan fingerprint density at radius 3 is 2.35 bits per heavy atom. The zero-order valence-electron chi connectivity index (χ0n) is 10.0. The van der Waals surface area contributed by atoms with Gasteiger partial charge in [0, 0.05) is 18.6 Å². The van der Waals surface area contributed by atoms with E-state index in [0.717, 1.165) is 12.2 Å². The summed E-state index contributed by atoms with van der Waals surface area (Å²) in [7, 11) is 0. The summed E-state index contributed by atoms with van der Waals surface area (Å²) in [6.07, 6.45) is 2.56. The van der Waals surface area contributed by atoms with Gasteiger partial charge in [-0.3, -0.25) is 0 Å². The van der Waals surface area contributed by atoms with Crippen LogP contribution in [-0.4, -0.2) is 37.9 Å². The summed E-state index contributed by atoms with van der Waals surface area (Å²) < 4.78 is 14.8. The highest BCUT2D eigenvalue weighted by Gasteiger charge is 2.05. The standard InChI is InChI=1S/C12H18O5/c1-4-11(13)16-9-8-15-7-6-10(3)17-12(14)5-2/h4-5,10H,1-2,6-9H2,3H3. The summed E-state index contributed by atoms with van der Waals surface area (Å²) in [5, 5.41) is 0. The van der Waals surface area contributed by atoms with Crippen molar-refractivity contribution in [3.63, 3.8) is 0 Å². The van der Waals surface area contributed by atoms with Gasteiger partial charge in [0.05, 0.1) is 13.2 Å². The van der Waals surface area contributed by atoms with Gasteiger partial charge in [0.15, 0.2) is 0 Å². The number of esters is 2. The van der Waals surface area contributed by atoms with Crippen molar-refractivity contribution in [2.24, 2.45) is 0 Å². The normalized spacial score (nSPS) is 11.4. The molecule has 0 aliphatic heterocycles. The molecule has 0 aromatic carbocycles. The number of rotatable bonds is 9. The lowest BCUT2D eigenvalue weighted by Crippen LogP contribution is -2.16. The largest absolute Gasteiger partial charge is 0.460 e. The van der Waals surface area contributed by atoms with Crippen molar-refractivity contribution in [2.75, 3.05) is 19.8 Å². The van der Waals surface area contributed by atoms with Gasteiger partial charge in [-0.2, -0.15) is 0 Å². The van der Waals surface area contributed by atoms with Crippen LogP contribution in [-0.2, 0) is 23.8 Å². The maximum atomic E-state index is 10.8. The first-order chi connectivity index (χ1) is 8.10. The first kappa shape index (κ1) is 15.4. The molecule has 0 amide bonds. The highest BCUT2D eigenvalue weighted by atomic mass is 16.6. The second-order valence-electron chi connectivity index (χ2n) is 3.22. The van der Waals surface area contributed by atoms with Crippen LogP contribution in [0.1, 0.15) is 13.3 Å². The third kappa shape index (κ3) is 9.32. The van der Waals surface area contributed by atoms with Crippen LogP contribution >= 0.6 is 0 Å². The molecular weight excluding hydrogens is 224 g/mol. The lowest BCUT2D eigenvalue weighted by atomic mass is 10.3. The van der Waals surface area contributed by atoms with E-state index in [0.29, 0.717) is 19.6 Å². The molecule has 0 bridgehead atoms. The molecule has 17 heavy (non-hydrogen) atoms. The van der Waals surface area contributed by atoms with Crippen molar-refractivity contribution >= 4 is 11.9 Å². The Labute approximate surface area is 101 Å². The molecule has 0 N–H and O–H groups in total. The molecule has 5 heteroatoms. The summed E-state index contributed by atoms with van der Waals surface area (Å²) in [6, 6.07) is 0. The molecule has 0 aliphatic rings. The zero-order chi connectivity index (χ0) is 13.1. The number of hydrogen-bond acceptors (Lipinski definition) is 5. The predicted octanol–water partition coefficient (Wildman–Crippen LogP) is 1.24. The van der Waals surface area contributed by atoms with E-state index in [4.69, 9.17) is 14.2 Å². The van der Waals surface area contributed by atoms with Crippen molar-refractivity contribution < 1.29 is 23.8 Å². The van der Waals surface area contributed by atoms with E-state index in [1.165, 1.54) is 0 Å². The van der Waals surface area contributed by atoms with E-state index < -0.39 is 11.9 Å². The average Bonchev–Trinajstić information content (AvgIpc) is 2.32. The number of ether oxygens (including phenoxy) is 3. The molecule has 1 unspecified atom stereocenters. The van der Waals surface area contributed by atoms with Crippen LogP contribution in [0.5, 0.6) is 0 Å². The molecule has 0 saturated heterocycles. The monoisotopic (exact) mass is 242 g/mol. The number of carbonyl (C=O) groups is 2. The topological polar surface area (TPSA) is 61.8 Å². The van der Waals surface area contributed by atoms with Crippen LogP contribution in [0.3, 0.4) is 0 Å². The smallest absolute Gasteiger partial charge is 0.330 e. The molecule has 0 heterocycles. The summed E-state index contributed by atoms with van der Waals surface area (Å²) in [5.41, 5.74) is 0. The summed E-state index contributed by atoms with van der Waals surface area (Å²) in [5.74, 6) is -0.917. The van der Waals surface area contributed by atoms with Crippen LogP contribution in [0.4, 0.5) is 0 Å². The Morgan fingerprint density at radius 2 is 1.76 bits per heavy atom. The van der Waals surface area contributed by atoms with Crippen LogP contribution < -0.4 is 0 Å². The zero-order valence-corrected chi connectivity index (χ0v) is 10.0. The van der Waals surface area contributed by atoms with Gasteiger partial charge in [0.2, 0.25) is 0 Å². The highest BCUT2D eigenvalue weighted by molar-refractivity contribution is 5.81. The molecule has 0 aliphatic carbocycles. The van der Waals surface area contributed by atoms with Crippen molar-refractivity contribution in [3.8, 4) is 0 Å². The molecule has 0 saturated carbocycles. The van der Waals surface area contributed by atoms with Crippen molar-refractivity contribution in [2.45, 2.75) is 19.4 Å². The maximum absolute atomic E-state index is 10.8. The Bertz CT molecular complexity index is 272. The summed E-state index contributed by atoms with van der Waals surface area (Å²) >= 11 is 0. The average molecular weight is 242 g/mol. The Hall–Kier alpha value is -1.62. The second-order valence-corrected chi connectivity index (χ2v) is 3.22. The predicted molar refractivity (Wildman–Crippen MR) is 62.3 cm³/mol. The molecule has 0 spiro atoms.